The lowest BCUT2D eigenvalue weighted by Crippen LogP contribution is -2.23. The zero-order valence-electron chi connectivity index (χ0n) is 25.0. The Hall–Kier alpha value is -5.08. The summed E-state index contributed by atoms with van der Waals surface area (Å²) in [6.45, 7) is 2.90. The van der Waals surface area contributed by atoms with Gasteiger partial charge >= 0.3 is 8.16 Å². The highest BCUT2D eigenvalue weighted by molar-refractivity contribution is 7.38. The first-order valence-corrected chi connectivity index (χ1v) is 16.5. The van der Waals surface area contributed by atoms with E-state index in [9.17, 15) is 0 Å². The van der Waals surface area contributed by atoms with Crippen molar-refractivity contribution in [2.24, 2.45) is 0 Å². The van der Waals surface area contributed by atoms with Gasteiger partial charge in [-0.05, 0) is 62.9 Å². The van der Waals surface area contributed by atoms with E-state index in [1.807, 2.05) is 0 Å². The van der Waals surface area contributed by atoms with Crippen molar-refractivity contribution >= 4 is 51.6 Å². The largest absolute Gasteiger partial charge is 0.408 e. The van der Waals surface area contributed by atoms with Crippen LogP contribution in [0.25, 0.3) is 54.6 Å². The highest BCUT2D eigenvalue weighted by Crippen LogP contribution is 2.45. The number of nitrogens with zero attached hydrogens (tertiary/aromatic N) is 1. The predicted molar refractivity (Wildman–Crippen MR) is 190 cm³/mol. The summed E-state index contributed by atoms with van der Waals surface area (Å²) >= 11 is 0. The molecule has 0 aliphatic heterocycles. The third-order valence-electron chi connectivity index (χ3n) is 8.76. The summed E-state index contributed by atoms with van der Waals surface area (Å²) < 4.78 is 16.6. The topological polar surface area (TPSA) is 29.5 Å². The van der Waals surface area contributed by atoms with Crippen LogP contribution in [0.1, 0.15) is 24.1 Å². The molecule has 4 heteroatoms. The van der Waals surface area contributed by atoms with E-state index < -0.39 is 8.16 Å². The molecule has 0 saturated heterocycles. The van der Waals surface area contributed by atoms with E-state index in [0.717, 1.165) is 32.7 Å². The van der Waals surface area contributed by atoms with Crippen molar-refractivity contribution in [3.8, 4) is 11.1 Å². The van der Waals surface area contributed by atoms with Gasteiger partial charge in [0.15, 0.2) is 0 Å². The molecule has 218 valence electrons. The van der Waals surface area contributed by atoms with Gasteiger partial charge in [0.05, 0.1) is 0 Å². The van der Waals surface area contributed by atoms with Gasteiger partial charge in [0.25, 0.3) is 0 Å². The van der Waals surface area contributed by atoms with Crippen LogP contribution in [-0.2, 0) is 6.54 Å². The number of hydrogen-bond acceptors (Lipinski definition) is 3. The summed E-state index contributed by atoms with van der Waals surface area (Å²) in [6, 6.07) is 55.6. The van der Waals surface area contributed by atoms with Gasteiger partial charge in [0.1, 0.15) is 11.2 Å². The number of rotatable bonds is 6. The Bertz CT molecular complexity index is 2230. The summed E-state index contributed by atoms with van der Waals surface area (Å²) in [7, 11) is -1.58. The first kappa shape index (κ1) is 27.5. The number of hydrogen-bond donors (Lipinski definition) is 0. The van der Waals surface area contributed by atoms with E-state index in [1.54, 1.807) is 0 Å². The van der Waals surface area contributed by atoms with Gasteiger partial charge in [-0.2, -0.15) is 4.67 Å². The van der Waals surface area contributed by atoms with Crippen LogP contribution in [-0.4, -0.2) is 0 Å². The zero-order valence-corrected chi connectivity index (χ0v) is 25.9. The Morgan fingerprint density at radius 1 is 0.533 bits per heavy atom. The summed E-state index contributed by atoms with van der Waals surface area (Å²) in [5.41, 5.74) is 6.54. The van der Waals surface area contributed by atoms with Gasteiger partial charge < -0.3 is 8.39 Å². The molecule has 0 aliphatic carbocycles. The van der Waals surface area contributed by atoms with Crippen LogP contribution in [0.4, 0.5) is 0 Å². The van der Waals surface area contributed by atoms with Crippen molar-refractivity contribution < 1.29 is 8.39 Å². The molecule has 0 unspecified atom stereocenters. The van der Waals surface area contributed by atoms with Crippen molar-refractivity contribution in [3.05, 3.63) is 169 Å². The molecule has 1 heterocycles. The maximum atomic E-state index is 7.09. The summed E-state index contributed by atoms with van der Waals surface area (Å²) in [5, 5.41) is 6.84. The molecule has 8 aromatic rings. The molecule has 1 atom stereocenters. The molecule has 0 aliphatic rings. The molecule has 0 amide bonds. The van der Waals surface area contributed by atoms with E-state index >= 15 is 0 Å². The third kappa shape index (κ3) is 5.11. The Labute approximate surface area is 263 Å². The predicted octanol–water partition coefficient (Wildman–Crippen LogP) is 12.2. The quantitative estimate of drug-likeness (QED) is 0.190. The van der Waals surface area contributed by atoms with Crippen LogP contribution >= 0.6 is 8.16 Å². The van der Waals surface area contributed by atoms with Crippen molar-refractivity contribution in [1.29, 1.82) is 0 Å². The van der Waals surface area contributed by atoms with Gasteiger partial charge in [-0.15, -0.1) is 0 Å². The molecule has 1 aromatic heterocycles. The molecule has 0 fully saturated rings. The molecule has 3 nitrogen and oxygen atoms in total. The van der Waals surface area contributed by atoms with Crippen molar-refractivity contribution in [3.63, 3.8) is 0 Å². The van der Waals surface area contributed by atoms with Crippen LogP contribution < -0.4 is 4.67 Å². The van der Waals surface area contributed by atoms with Gasteiger partial charge in [0, 0.05) is 23.4 Å². The average molecular weight is 602 g/mol. The number of benzene rings is 7. The minimum atomic E-state index is -1.58. The Balaban J connectivity index is 1.42. The lowest BCUT2D eigenvalue weighted by molar-refractivity contribution is 0.594. The van der Waals surface area contributed by atoms with E-state index in [-0.39, 0.29) is 6.04 Å². The molecule has 0 bridgehead atoms. The second kappa shape index (κ2) is 11.8. The van der Waals surface area contributed by atoms with Crippen molar-refractivity contribution in [2.75, 3.05) is 4.67 Å². The highest BCUT2D eigenvalue weighted by atomic mass is 31.1. The molecule has 8 rings (SSSR count). The molecule has 45 heavy (non-hydrogen) atoms. The van der Waals surface area contributed by atoms with E-state index in [4.69, 9.17) is 8.39 Å². The minimum absolute atomic E-state index is 0.0204. The lowest BCUT2D eigenvalue weighted by atomic mass is 9.99. The van der Waals surface area contributed by atoms with E-state index in [1.165, 1.54) is 33.0 Å². The number of fused-ring (bicyclic) bond motifs is 7. The maximum Gasteiger partial charge on any atom is 0.310 e. The van der Waals surface area contributed by atoms with E-state index in [0.29, 0.717) is 6.54 Å². The molecule has 0 N–H and O–H groups in total. The van der Waals surface area contributed by atoms with E-state index in [2.05, 4.69) is 169 Å². The molecular formula is C41H32NO2P. The first-order chi connectivity index (χ1) is 22.2. The van der Waals surface area contributed by atoms with Gasteiger partial charge in [-0.1, -0.05) is 146 Å². The SMILES string of the molecule is C[C@H](c1ccccc1)N(Cc1ccccc1-c1ccccc1)p1oc2ccc3ccccc3c2c2c(ccc3ccccc32)o1. The fraction of sp³-hybridized carbons (Fsp3) is 0.0732. The maximum absolute atomic E-state index is 7.09. The Kier molecular flexibility index (Phi) is 7.19. The fourth-order valence-corrected chi connectivity index (χ4v) is 8.01. The lowest BCUT2D eigenvalue weighted by Gasteiger charge is -2.27. The molecule has 0 saturated carbocycles. The smallest absolute Gasteiger partial charge is 0.310 e. The summed E-state index contributed by atoms with van der Waals surface area (Å²) in [4.78, 5) is 0. The molecular weight excluding hydrogens is 569 g/mol. The summed E-state index contributed by atoms with van der Waals surface area (Å²) in [6.07, 6.45) is 0. The van der Waals surface area contributed by atoms with Crippen molar-refractivity contribution in [2.45, 2.75) is 19.5 Å². The first-order valence-electron chi connectivity index (χ1n) is 15.4. The van der Waals surface area contributed by atoms with Crippen molar-refractivity contribution in [1.82, 2.24) is 0 Å². The Morgan fingerprint density at radius 3 is 1.67 bits per heavy atom. The van der Waals surface area contributed by atoms with Gasteiger partial charge in [-0.3, -0.25) is 0 Å². The fourth-order valence-electron chi connectivity index (χ4n) is 6.43. The monoisotopic (exact) mass is 601 g/mol. The van der Waals surface area contributed by atoms with Crippen LogP contribution in [0.3, 0.4) is 0 Å². The second-order valence-corrected chi connectivity index (χ2v) is 12.8. The minimum Gasteiger partial charge on any atom is -0.408 e. The van der Waals surface area contributed by atoms with Crippen LogP contribution in [0.5, 0.6) is 0 Å². The van der Waals surface area contributed by atoms with Crippen LogP contribution in [0.2, 0.25) is 0 Å². The molecule has 0 radical (unpaired) electrons. The standard InChI is InChI=1S/C41H32NO2P/c1-29(30-14-4-2-5-15-30)42(28-34-20-10-11-21-35(34)31-16-6-3-7-17-31)45-43-38-26-24-32-18-8-12-22-36(32)40(38)41-37-23-13-9-19-33(37)25-27-39(41)44-45/h2-27,29H,28H2,1H3/t29-/m1/s1. The normalized spacial score (nSPS) is 12.3. The molecule has 7 aromatic carbocycles. The van der Waals surface area contributed by atoms with Crippen LogP contribution in [0, 0.1) is 0 Å². The van der Waals surface area contributed by atoms with Gasteiger partial charge in [0.2, 0.25) is 0 Å². The summed E-state index contributed by atoms with van der Waals surface area (Å²) in [5.74, 6) is 0. The molecule has 0 spiro atoms. The zero-order chi connectivity index (χ0) is 30.2. The third-order valence-corrected chi connectivity index (χ3v) is 10.4. The van der Waals surface area contributed by atoms with Crippen LogP contribution in [0.15, 0.2) is 166 Å². The second-order valence-electron chi connectivity index (χ2n) is 11.4. The average Bonchev–Trinajstić information content (AvgIpc) is 3.28. The highest BCUT2D eigenvalue weighted by Gasteiger charge is 2.25. The Morgan fingerprint density at radius 2 is 1.04 bits per heavy atom. The van der Waals surface area contributed by atoms with Gasteiger partial charge in [-0.25, -0.2) is 0 Å².